The molecule has 1 aliphatic carbocycles. The minimum absolute atomic E-state index is 0.313. The van der Waals surface area contributed by atoms with Crippen LogP contribution in [0.1, 0.15) is 32.1 Å². The summed E-state index contributed by atoms with van der Waals surface area (Å²) in [6, 6.07) is 0.564. The van der Waals surface area contributed by atoms with Crippen LogP contribution in [0, 0.1) is 0 Å². The van der Waals surface area contributed by atoms with Crippen molar-refractivity contribution in [3.63, 3.8) is 0 Å². The van der Waals surface area contributed by atoms with E-state index in [4.69, 9.17) is 11.6 Å². The lowest BCUT2D eigenvalue weighted by atomic mass is 10.1. The highest BCUT2D eigenvalue weighted by Gasteiger charge is 2.32. The van der Waals surface area contributed by atoms with Gasteiger partial charge in [0.15, 0.2) is 0 Å². The predicted octanol–water partition coefficient (Wildman–Crippen LogP) is 2.04. The van der Waals surface area contributed by atoms with Gasteiger partial charge in [-0.3, -0.25) is 4.90 Å². The molecule has 3 heteroatoms. The molecule has 0 aromatic carbocycles. The molecule has 1 radical (unpaired) electrons. The Labute approximate surface area is 84.9 Å². The summed E-state index contributed by atoms with van der Waals surface area (Å²) in [5.41, 5.74) is 0. The molecule has 2 atom stereocenters. The highest BCUT2D eigenvalue weighted by Crippen LogP contribution is 2.30. The van der Waals surface area contributed by atoms with Gasteiger partial charge in [0.2, 0.25) is 0 Å². The molecule has 1 aliphatic heterocycles. The van der Waals surface area contributed by atoms with E-state index in [1.165, 1.54) is 12.8 Å². The van der Waals surface area contributed by atoms with Crippen molar-refractivity contribution in [2.24, 2.45) is 0 Å². The van der Waals surface area contributed by atoms with Gasteiger partial charge in [-0.05, 0) is 25.7 Å². The summed E-state index contributed by atoms with van der Waals surface area (Å²) in [5.74, 6) is 0. The van der Waals surface area contributed by atoms with E-state index in [2.05, 4.69) is 4.90 Å². The summed E-state index contributed by atoms with van der Waals surface area (Å²) in [6.07, 6.45) is 4.98. The van der Waals surface area contributed by atoms with Gasteiger partial charge in [-0.2, -0.15) is 0 Å². The van der Waals surface area contributed by atoms with E-state index in [0.717, 1.165) is 32.4 Å². The highest BCUT2D eigenvalue weighted by molar-refractivity contribution is 6.21. The zero-order valence-electron chi connectivity index (χ0n) is 7.92. The van der Waals surface area contributed by atoms with E-state index in [0.29, 0.717) is 11.4 Å². The van der Waals surface area contributed by atoms with Crippen molar-refractivity contribution < 1.29 is 5.11 Å². The summed E-state index contributed by atoms with van der Waals surface area (Å²) >= 11 is 6.23. The average Bonchev–Trinajstić information content (AvgIpc) is 2.53. The molecule has 0 spiro atoms. The maximum atomic E-state index is 11.1. The van der Waals surface area contributed by atoms with Crippen molar-refractivity contribution in [2.45, 2.75) is 49.6 Å². The molecule has 0 aromatic heterocycles. The molecule has 0 amide bonds. The van der Waals surface area contributed by atoms with Crippen LogP contribution >= 0.6 is 11.6 Å². The van der Waals surface area contributed by atoms with E-state index in [-0.39, 0.29) is 6.10 Å². The Kier molecular flexibility index (Phi) is 3.12. The molecule has 2 aliphatic rings. The second kappa shape index (κ2) is 4.16. The molecule has 2 rings (SSSR count). The fraction of sp³-hybridized carbons (Fsp3) is 1.00. The molecule has 2 nitrogen and oxygen atoms in total. The Balaban J connectivity index is 1.86. The monoisotopic (exact) mass is 202 g/mol. The van der Waals surface area contributed by atoms with Crippen LogP contribution in [0.2, 0.25) is 0 Å². The topological polar surface area (TPSA) is 23.1 Å². The van der Waals surface area contributed by atoms with Crippen molar-refractivity contribution in [2.75, 3.05) is 13.1 Å². The summed E-state index contributed by atoms with van der Waals surface area (Å²) < 4.78 is 0. The van der Waals surface area contributed by atoms with Crippen LogP contribution in [-0.4, -0.2) is 35.5 Å². The first kappa shape index (κ1) is 9.75. The van der Waals surface area contributed by atoms with Crippen molar-refractivity contribution in [3.05, 3.63) is 0 Å². The van der Waals surface area contributed by atoms with Gasteiger partial charge in [0.05, 0.1) is 6.10 Å². The third kappa shape index (κ3) is 2.17. The van der Waals surface area contributed by atoms with E-state index in [1.54, 1.807) is 0 Å². The first-order valence-electron chi connectivity index (χ1n) is 5.31. The smallest absolute Gasteiger partial charge is 0.0954 e. The van der Waals surface area contributed by atoms with Crippen molar-refractivity contribution in [1.29, 1.82) is 0 Å². The lowest BCUT2D eigenvalue weighted by Gasteiger charge is -2.35. The lowest BCUT2D eigenvalue weighted by Crippen LogP contribution is -2.44. The number of piperidine rings is 1. The van der Waals surface area contributed by atoms with E-state index in [1.807, 2.05) is 0 Å². The van der Waals surface area contributed by atoms with Gasteiger partial charge >= 0.3 is 0 Å². The van der Waals surface area contributed by atoms with Gasteiger partial charge in [0.1, 0.15) is 0 Å². The second-order valence-corrected chi connectivity index (χ2v) is 4.81. The summed E-state index contributed by atoms with van der Waals surface area (Å²) in [4.78, 5) is 2.43. The number of halogens is 1. The number of likely N-dealkylation sites (tertiary alicyclic amines) is 1. The number of alkyl halides is 1. The van der Waals surface area contributed by atoms with Crippen LogP contribution in [0.5, 0.6) is 0 Å². The van der Waals surface area contributed by atoms with Gasteiger partial charge in [0.25, 0.3) is 0 Å². The number of rotatable bonds is 1. The lowest BCUT2D eigenvalue weighted by molar-refractivity contribution is 0.0163. The Morgan fingerprint density at radius 2 is 1.77 bits per heavy atom. The first-order chi connectivity index (χ1) is 6.27. The molecule has 1 heterocycles. The molecule has 2 unspecified atom stereocenters. The average molecular weight is 203 g/mol. The molecule has 1 saturated carbocycles. The minimum atomic E-state index is -0.313. The molecular weight excluding hydrogens is 186 g/mol. The van der Waals surface area contributed by atoms with Gasteiger partial charge < -0.3 is 0 Å². The van der Waals surface area contributed by atoms with Gasteiger partial charge in [-0.1, -0.05) is 6.42 Å². The molecule has 13 heavy (non-hydrogen) atoms. The Morgan fingerprint density at radius 1 is 1.08 bits per heavy atom. The predicted molar refractivity (Wildman–Crippen MR) is 52.6 cm³/mol. The van der Waals surface area contributed by atoms with E-state index < -0.39 is 0 Å². The minimum Gasteiger partial charge on any atom is -0.299 e. The molecule has 0 aromatic rings. The molecule has 2 fully saturated rings. The van der Waals surface area contributed by atoms with Crippen LogP contribution in [0.15, 0.2) is 0 Å². The van der Waals surface area contributed by atoms with Gasteiger partial charge in [-0.15, -0.1) is 11.6 Å². The largest absolute Gasteiger partial charge is 0.299 e. The number of hydrogen-bond donors (Lipinski definition) is 0. The quantitative estimate of drug-likeness (QED) is 0.597. The molecule has 0 N–H and O–H groups in total. The third-order valence-corrected chi connectivity index (χ3v) is 3.85. The maximum Gasteiger partial charge on any atom is 0.0954 e. The Morgan fingerprint density at radius 3 is 2.31 bits per heavy atom. The molecular formula is C10H17ClNO. The summed E-state index contributed by atoms with van der Waals surface area (Å²) in [6.45, 7) is 1.95. The Bertz CT molecular complexity index is 168. The van der Waals surface area contributed by atoms with Crippen molar-refractivity contribution in [3.8, 4) is 0 Å². The van der Waals surface area contributed by atoms with E-state index >= 15 is 0 Å². The number of nitrogens with zero attached hydrogens (tertiary/aromatic N) is 1. The molecule has 0 bridgehead atoms. The first-order valence-corrected chi connectivity index (χ1v) is 5.75. The third-order valence-electron chi connectivity index (χ3n) is 3.34. The van der Waals surface area contributed by atoms with Crippen LogP contribution in [-0.2, 0) is 5.11 Å². The normalized spacial score (nSPS) is 38.3. The molecule has 1 saturated heterocycles. The van der Waals surface area contributed by atoms with Gasteiger partial charge in [-0.25, -0.2) is 5.11 Å². The maximum absolute atomic E-state index is 11.1. The fourth-order valence-electron chi connectivity index (χ4n) is 2.51. The summed E-state index contributed by atoms with van der Waals surface area (Å²) in [5, 5.41) is 11.5. The van der Waals surface area contributed by atoms with Crippen molar-refractivity contribution >= 4 is 11.6 Å². The summed E-state index contributed by atoms with van der Waals surface area (Å²) in [7, 11) is 0. The van der Waals surface area contributed by atoms with Crippen LogP contribution in [0.4, 0.5) is 0 Å². The van der Waals surface area contributed by atoms with E-state index in [9.17, 15) is 5.11 Å². The number of hydrogen-bond acceptors (Lipinski definition) is 1. The fourth-order valence-corrected chi connectivity index (χ4v) is 2.95. The second-order valence-electron chi connectivity index (χ2n) is 4.25. The zero-order chi connectivity index (χ0) is 9.26. The van der Waals surface area contributed by atoms with Crippen LogP contribution < -0.4 is 0 Å². The van der Waals surface area contributed by atoms with Gasteiger partial charge in [0, 0.05) is 24.5 Å². The Hall–Kier alpha value is 0.210. The highest BCUT2D eigenvalue weighted by atomic mass is 35.5. The van der Waals surface area contributed by atoms with Crippen molar-refractivity contribution in [1.82, 2.24) is 4.90 Å². The zero-order valence-corrected chi connectivity index (χ0v) is 8.67. The standard InChI is InChI=1S/C10H17ClNO/c11-9-2-1-3-10(9)12-6-4-8(13)5-7-12/h8-10H,1-7H2. The van der Waals surface area contributed by atoms with Crippen LogP contribution in [0.25, 0.3) is 0 Å². The SMILES string of the molecule is [O]C1CCN(C2CCCC2Cl)CC1. The molecule has 75 valence electrons. The van der Waals surface area contributed by atoms with Crippen LogP contribution in [0.3, 0.4) is 0 Å².